The van der Waals surface area contributed by atoms with E-state index in [2.05, 4.69) is 57.2 Å². The molecule has 3 aromatic rings. The molecule has 2 aromatic heterocycles. The summed E-state index contributed by atoms with van der Waals surface area (Å²) in [6.45, 7) is 8.73. The molecule has 7 heteroatoms. The van der Waals surface area contributed by atoms with E-state index in [-0.39, 0.29) is 24.3 Å². The van der Waals surface area contributed by atoms with E-state index in [1.165, 1.54) is 0 Å². The number of anilines is 1. The first-order valence-corrected chi connectivity index (χ1v) is 10.3. The average molecular weight is 393 g/mol. The molecule has 2 aliphatic heterocycles. The second-order valence-electron chi connectivity index (χ2n) is 8.19. The molecule has 1 fully saturated rings. The minimum atomic E-state index is 0.0609. The van der Waals surface area contributed by atoms with Gasteiger partial charge in [-0.15, -0.1) is 0 Å². The van der Waals surface area contributed by atoms with Crippen molar-refractivity contribution in [2.24, 2.45) is 0 Å². The maximum atomic E-state index is 6.16. The molecule has 29 heavy (non-hydrogen) atoms. The van der Waals surface area contributed by atoms with Crippen molar-refractivity contribution < 1.29 is 9.47 Å². The van der Waals surface area contributed by atoms with E-state index in [1.54, 1.807) is 6.33 Å². The van der Waals surface area contributed by atoms with E-state index in [9.17, 15) is 0 Å². The van der Waals surface area contributed by atoms with Gasteiger partial charge in [-0.2, -0.15) is 0 Å². The Labute approximate surface area is 170 Å². The number of aromatic nitrogens is 3. The summed E-state index contributed by atoms with van der Waals surface area (Å²) in [6, 6.07) is 10.6. The van der Waals surface area contributed by atoms with Crippen molar-refractivity contribution in [3.05, 3.63) is 47.9 Å². The summed E-state index contributed by atoms with van der Waals surface area (Å²) >= 11 is 0. The quantitative estimate of drug-likeness (QED) is 0.711. The molecule has 152 valence electrons. The minimum absolute atomic E-state index is 0.0609. The minimum Gasteiger partial charge on any atom is -0.491 e. The summed E-state index contributed by atoms with van der Waals surface area (Å²) in [5.41, 5.74) is 3.09. The fourth-order valence-electron chi connectivity index (χ4n) is 4.66. The highest BCUT2D eigenvalue weighted by Crippen LogP contribution is 2.38. The van der Waals surface area contributed by atoms with Crippen molar-refractivity contribution in [1.29, 1.82) is 0 Å². The van der Waals surface area contributed by atoms with Crippen LogP contribution in [0.5, 0.6) is 5.75 Å². The average Bonchev–Trinajstić information content (AvgIpc) is 3.08. The highest BCUT2D eigenvalue weighted by molar-refractivity contribution is 5.87. The maximum absolute atomic E-state index is 6.16. The van der Waals surface area contributed by atoms with Crippen LogP contribution >= 0.6 is 0 Å². The third-order valence-corrected chi connectivity index (χ3v) is 5.82. The Bertz CT molecular complexity index is 1010. The molecule has 0 unspecified atom stereocenters. The number of benzene rings is 1. The summed E-state index contributed by atoms with van der Waals surface area (Å²) in [5.74, 6) is 1.78. The van der Waals surface area contributed by atoms with Gasteiger partial charge in [-0.25, -0.2) is 9.97 Å². The zero-order valence-electron chi connectivity index (χ0n) is 17.1. The molecule has 0 bridgehead atoms. The molecule has 5 rings (SSSR count). The Morgan fingerprint density at radius 1 is 1.14 bits per heavy atom. The first kappa shape index (κ1) is 18.4. The van der Waals surface area contributed by atoms with Crippen molar-refractivity contribution in [3.63, 3.8) is 0 Å². The molecular formula is C22H27N5O2. The lowest BCUT2D eigenvalue weighted by Crippen LogP contribution is -2.55. The normalized spacial score (nSPS) is 27.4. The van der Waals surface area contributed by atoms with Crippen LogP contribution in [0.1, 0.15) is 31.1 Å². The Kier molecular flexibility index (Phi) is 4.64. The van der Waals surface area contributed by atoms with E-state index in [0.29, 0.717) is 6.61 Å². The first-order valence-electron chi connectivity index (χ1n) is 10.3. The first-order chi connectivity index (χ1) is 14.1. The van der Waals surface area contributed by atoms with Crippen LogP contribution in [0.4, 0.5) is 5.82 Å². The van der Waals surface area contributed by atoms with Crippen LogP contribution < -0.4 is 10.1 Å². The predicted molar refractivity (Wildman–Crippen MR) is 112 cm³/mol. The Hall–Kier alpha value is -2.64. The fourth-order valence-corrected chi connectivity index (χ4v) is 4.66. The number of morpholine rings is 1. The molecule has 7 nitrogen and oxygen atoms in total. The van der Waals surface area contributed by atoms with Crippen molar-refractivity contribution >= 4 is 16.9 Å². The summed E-state index contributed by atoms with van der Waals surface area (Å²) in [4.78, 5) is 14.7. The number of H-pyrrole nitrogens is 1. The number of fused-ring (bicyclic) bond motifs is 2. The predicted octanol–water partition coefficient (Wildman–Crippen LogP) is 3.29. The van der Waals surface area contributed by atoms with Crippen LogP contribution in [0.15, 0.2) is 36.7 Å². The molecule has 0 saturated carbocycles. The monoisotopic (exact) mass is 393 g/mol. The number of hydrogen-bond acceptors (Lipinski definition) is 6. The van der Waals surface area contributed by atoms with Crippen LogP contribution in [-0.4, -0.2) is 57.8 Å². The number of aryl methyl sites for hydroxylation is 1. The standard InChI is InChI=1S/C22H27N5O2/c1-13-8-17-21(25-13)23-12-24-22(17)26-20-16-6-4-5-7-19(16)28-11-18(20)27-9-14(2)29-15(3)10-27/h4-8,12,14-15,18,20H,9-11H2,1-3H3,(H2,23,24,25,26)/t14-,15+,18-,20-/m0/s1. The van der Waals surface area contributed by atoms with Gasteiger partial charge < -0.3 is 19.8 Å². The number of nitrogens with one attached hydrogen (secondary N) is 2. The number of hydrogen-bond donors (Lipinski definition) is 2. The molecule has 4 atom stereocenters. The van der Waals surface area contributed by atoms with Gasteiger partial charge in [0.2, 0.25) is 0 Å². The van der Waals surface area contributed by atoms with Crippen LogP contribution in [0, 0.1) is 6.92 Å². The summed E-state index contributed by atoms with van der Waals surface area (Å²) < 4.78 is 12.1. The van der Waals surface area contributed by atoms with Gasteiger partial charge in [-0.1, -0.05) is 18.2 Å². The van der Waals surface area contributed by atoms with E-state index < -0.39 is 0 Å². The second kappa shape index (κ2) is 7.31. The van der Waals surface area contributed by atoms with Crippen molar-refractivity contribution in [1.82, 2.24) is 19.9 Å². The Morgan fingerprint density at radius 2 is 1.93 bits per heavy atom. The zero-order chi connectivity index (χ0) is 20.0. The molecule has 0 aliphatic carbocycles. The van der Waals surface area contributed by atoms with Crippen LogP contribution in [-0.2, 0) is 4.74 Å². The van der Waals surface area contributed by atoms with Crippen molar-refractivity contribution in [2.75, 3.05) is 25.0 Å². The lowest BCUT2D eigenvalue weighted by molar-refractivity contribution is -0.0886. The van der Waals surface area contributed by atoms with Gasteiger partial charge in [0.1, 0.15) is 30.1 Å². The van der Waals surface area contributed by atoms with Gasteiger partial charge in [0.05, 0.1) is 29.7 Å². The highest BCUT2D eigenvalue weighted by Gasteiger charge is 2.38. The molecule has 1 saturated heterocycles. The van der Waals surface area contributed by atoms with Crippen molar-refractivity contribution in [2.45, 2.75) is 45.1 Å². The lowest BCUT2D eigenvalue weighted by Gasteiger charge is -2.45. The van der Waals surface area contributed by atoms with Gasteiger partial charge in [0.15, 0.2) is 0 Å². The van der Waals surface area contributed by atoms with Crippen LogP contribution in [0.25, 0.3) is 11.0 Å². The maximum Gasteiger partial charge on any atom is 0.143 e. The Morgan fingerprint density at radius 3 is 2.76 bits per heavy atom. The highest BCUT2D eigenvalue weighted by atomic mass is 16.5. The number of nitrogens with zero attached hydrogens (tertiary/aromatic N) is 3. The molecular weight excluding hydrogens is 366 g/mol. The molecule has 0 spiro atoms. The van der Waals surface area contributed by atoms with Gasteiger partial charge in [-0.05, 0) is 32.9 Å². The van der Waals surface area contributed by atoms with E-state index in [4.69, 9.17) is 9.47 Å². The number of ether oxygens (including phenoxy) is 2. The lowest BCUT2D eigenvalue weighted by atomic mass is 9.94. The third-order valence-electron chi connectivity index (χ3n) is 5.82. The SMILES string of the molecule is Cc1cc2c(N[C@H]3c4ccccc4OC[C@@H]3N3C[C@@H](C)O[C@@H](C)C3)ncnc2[nH]1. The summed E-state index contributed by atoms with van der Waals surface area (Å²) in [6.07, 6.45) is 2.02. The van der Waals surface area contributed by atoms with E-state index in [0.717, 1.165) is 46.9 Å². The summed E-state index contributed by atoms with van der Waals surface area (Å²) in [7, 11) is 0. The Balaban J connectivity index is 1.53. The van der Waals surface area contributed by atoms with Gasteiger partial charge in [0, 0.05) is 24.3 Å². The molecule has 1 aromatic carbocycles. The number of rotatable bonds is 3. The topological polar surface area (TPSA) is 75.3 Å². The molecule has 2 aliphatic rings. The van der Waals surface area contributed by atoms with Gasteiger partial charge >= 0.3 is 0 Å². The summed E-state index contributed by atoms with van der Waals surface area (Å²) in [5, 5.41) is 4.75. The number of para-hydroxylation sites is 1. The second-order valence-corrected chi connectivity index (χ2v) is 8.19. The third kappa shape index (κ3) is 3.45. The zero-order valence-corrected chi connectivity index (χ0v) is 17.1. The fraction of sp³-hybridized carbons (Fsp3) is 0.455. The van der Waals surface area contributed by atoms with Gasteiger partial charge in [0.25, 0.3) is 0 Å². The largest absolute Gasteiger partial charge is 0.491 e. The smallest absolute Gasteiger partial charge is 0.143 e. The number of aromatic amines is 1. The molecule has 2 N–H and O–H groups in total. The molecule has 0 radical (unpaired) electrons. The van der Waals surface area contributed by atoms with Crippen molar-refractivity contribution in [3.8, 4) is 5.75 Å². The molecule has 4 heterocycles. The van der Waals surface area contributed by atoms with Crippen LogP contribution in [0.2, 0.25) is 0 Å². The van der Waals surface area contributed by atoms with Crippen LogP contribution in [0.3, 0.4) is 0 Å². The van der Waals surface area contributed by atoms with E-state index >= 15 is 0 Å². The van der Waals surface area contributed by atoms with E-state index in [1.807, 2.05) is 19.1 Å². The van der Waals surface area contributed by atoms with Gasteiger partial charge in [-0.3, -0.25) is 4.90 Å². The molecule has 0 amide bonds.